The first-order valence-electron chi connectivity index (χ1n) is 9.93. The number of pyridine rings is 1. The number of alkyl halides is 3. The molecule has 0 spiro atoms. The first kappa shape index (κ1) is 20.8. The van der Waals surface area contributed by atoms with Crippen molar-refractivity contribution in [1.82, 2.24) is 9.88 Å². The molecule has 0 N–H and O–H groups in total. The zero-order chi connectivity index (χ0) is 20.4. The molecule has 28 heavy (non-hydrogen) atoms. The van der Waals surface area contributed by atoms with Crippen LogP contribution in [0.1, 0.15) is 61.9 Å². The highest BCUT2D eigenvalue weighted by molar-refractivity contribution is 5.29. The second-order valence-corrected chi connectivity index (χ2v) is 9.07. The molecule has 0 saturated carbocycles. The van der Waals surface area contributed by atoms with Crippen LogP contribution in [0.5, 0.6) is 0 Å². The van der Waals surface area contributed by atoms with Crippen molar-refractivity contribution in [3.05, 3.63) is 65.0 Å². The summed E-state index contributed by atoms with van der Waals surface area (Å²) in [6.07, 6.45) is 0.427. The maximum Gasteiger partial charge on any atom is 0.416 e. The zero-order valence-corrected chi connectivity index (χ0v) is 16.9. The van der Waals surface area contributed by atoms with Crippen molar-refractivity contribution >= 4 is 0 Å². The standard InChI is InChI=1S/C23H29F3N2/c1-22(2,3)16-28-12-10-19(11-13-28)21-9-6-18(15-27-21)14-17-4-7-20(8-5-17)23(24,25)26/h4-9,15,19H,10-14,16H2,1-3H3. The SMILES string of the molecule is CC(C)(C)CN1CCC(c2ccc(Cc3ccc(C(F)(F)F)cc3)cn2)CC1. The van der Waals surface area contributed by atoms with Crippen molar-refractivity contribution < 1.29 is 13.2 Å². The van der Waals surface area contributed by atoms with E-state index in [-0.39, 0.29) is 0 Å². The summed E-state index contributed by atoms with van der Waals surface area (Å²) < 4.78 is 38.0. The number of halogens is 3. The lowest BCUT2D eigenvalue weighted by molar-refractivity contribution is -0.137. The van der Waals surface area contributed by atoms with E-state index in [4.69, 9.17) is 0 Å². The van der Waals surface area contributed by atoms with Crippen LogP contribution in [0.3, 0.4) is 0 Å². The molecule has 152 valence electrons. The highest BCUT2D eigenvalue weighted by Gasteiger charge is 2.30. The van der Waals surface area contributed by atoms with E-state index in [0.717, 1.165) is 61.4 Å². The van der Waals surface area contributed by atoms with Crippen LogP contribution >= 0.6 is 0 Å². The van der Waals surface area contributed by atoms with Gasteiger partial charge in [0, 0.05) is 24.4 Å². The number of hydrogen-bond donors (Lipinski definition) is 0. The number of rotatable bonds is 4. The quantitative estimate of drug-likeness (QED) is 0.644. The van der Waals surface area contributed by atoms with Crippen LogP contribution in [-0.2, 0) is 12.6 Å². The van der Waals surface area contributed by atoms with Gasteiger partial charge in [0.2, 0.25) is 0 Å². The molecule has 1 saturated heterocycles. The average Bonchev–Trinajstić information content (AvgIpc) is 2.61. The van der Waals surface area contributed by atoms with Crippen LogP contribution in [0.25, 0.3) is 0 Å². The highest BCUT2D eigenvalue weighted by atomic mass is 19.4. The Labute approximate surface area is 165 Å². The molecule has 1 aromatic carbocycles. The Morgan fingerprint density at radius 1 is 0.929 bits per heavy atom. The first-order valence-corrected chi connectivity index (χ1v) is 9.93. The van der Waals surface area contributed by atoms with Gasteiger partial charge in [0.05, 0.1) is 5.56 Å². The van der Waals surface area contributed by atoms with Gasteiger partial charge >= 0.3 is 6.18 Å². The van der Waals surface area contributed by atoms with Crippen LogP contribution in [0, 0.1) is 5.41 Å². The molecule has 2 heterocycles. The zero-order valence-electron chi connectivity index (χ0n) is 16.9. The molecule has 0 unspecified atom stereocenters. The van der Waals surface area contributed by atoms with Crippen molar-refractivity contribution in [2.24, 2.45) is 5.41 Å². The van der Waals surface area contributed by atoms with Gasteiger partial charge in [-0.25, -0.2) is 0 Å². The lowest BCUT2D eigenvalue weighted by atomic mass is 9.90. The van der Waals surface area contributed by atoms with Crippen LogP contribution in [0.2, 0.25) is 0 Å². The fourth-order valence-corrected chi connectivity index (χ4v) is 3.89. The van der Waals surface area contributed by atoms with Gasteiger partial charge < -0.3 is 4.90 Å². The molecule has 5 heteroatoms. The molecule has 0 bridgehead atoms. The van der Waals surface area contributed by atoms with Crippen molar-refractivity contribution in [1.29, 1.82) is 0 Å². The Morgan fingerprint density at radius 2 is 1.54 bits per heavy atom. The van der Waals surface area contributed by atoms with Crippen LogP contribution in [0.15, 0.2) is 42.6 Å². The smallest absolute Gasteiger partial charge is 0.303 e. The van der Waals surface area contributed by atoms with Gasteiger partial charge in [0.15, 0.2) is 0 Å². The Morgan fingerprint density at radius 3 is 2.04 bits per heavy atom. The van der Waals surface area contributed by atoms with Gasteiger partial charge in [-0.05, 0) is 67.1 Å². The Balaban J connectivity index is 1.56. The predicted molar refractivity (Wildman–Crippen MR) is 106 cm³/mol. The van der Waals surface area contributed by atoms with E-state index in [1.165, 1.54) is 0 Å². The van der Waals surface area contributed by atoms with Crippen LogP contribution in [-0.4, -0.2) is 29.5 Å². The fraction of sp³-hybridized carbons (Fsp3) is 0.522. The third kappa shape index (κ3) is 5.81. The Kier molecular flexibility index (Phi) is 6.13. The number of aromatic nitrogens is 1. The van der Waals surface area contributed by atoms with Gasteiger partial charge in [-0.1, -0.05) is 39.0 Å². The summed E-state index contributed by atoms with van der Waals surface area (Å²) in [7, 11) is 0. The summed E-state index contributed by atoms with van der Waals surface area (Å²) in [5.74, 6) is 0.497. The highest BCUT2D eigenvalue weighted by Crippen LogP contribution is 2.30. The number of nitrogens with zero attached hydrogens (tertiary/aromatic N) is 2. The number of likely N-dealkylation sites (tertiary alicyclic amines) is 1. The van der Waals surface area contributed by atoms with E-state index in [1.807, 2.05) is 6.20 Å². The molecule has 1 aromatic heterocycles. The maximum atomic E-state index is 12.7. The third-order valence-corrected chi connectivity index (χ3v) is 5.24. The first-order chi connectivity index (χ1) is 13.1. The molecular formula is C23H29F3N2. The summed E-state index contributed by atoms with van der Waals surface area (Å²) in [4.78, 5) is 7.19. The minimum Gasteiger partial charge on any atom is -0.303 e. The van der Waals surface area contributed by atoms with Crippen LogP contribution in [0.4, 0.5) is 13.2 Å². The van der Waals surface area contributed by atoms with E-state index in [1.54, 1.807) is 12.1 Å². The summed E-state index contributed by atoms with van der Waals surface area (Å²) >= 11 is 0. The van der Waals surface area contributed by atoms with Crippen molar-refractivity contribution in [3.63, 3.8) is 0 Å². The third-order valence-electron chi connectivity index (χ3n) is 5.24. The lowest BCUT2D eigenvalue weighted by Crippen LogP contribution is -2.38. The molecule has 0 amide bonds. The van der Waals surface area contributed by atoms with Gasteiger partial charge in [0.25, 0.3) is 0 Å². The molecule has 3 rings (SSSR count). The summed E-state index contributed by atoms with van der Waals surface area (Å²) in [6.45, 7) is 10.2. The van der Waals surface area contributed by atoms with E-state index in [2.05, 4.69) is 42.8 Å². The molecule has 0 aliphatic carbocycles. The number of benzene rings is 1. The van der Waals surface area contributed by atoms with Crippen LogP contribution < -0.4 is 0 Å². The van der Waals surface area contributed by atoms with Gasteiger partial charge in [0.1, 0.15) is 0 Å². The minimum absolute atomic E-state index is 0.324. The van der Waals surface area contributed by atoms with Gasteiger partial charge in [-0.15, -0.1) is 0 Å². The second-order valence-electron chi connectivity index (χ2n) is 9.07. The Bertz CT molecular complexity index is 750. The van der Waals surface area contributed by atoms with Gasteiger partial charge in [-0.3, -0.25) is 4.98 Å². The summed E-state index contributed by atoms with van der Waals surface area (Å²) in [6, 6.07) is 9.51. The monoisotopic (exact) mass is 390 g/mol. The predicted octanol–water partition coefficient (Wildman–Crippen LogP) is 5.92. The van der Waals surface area contributed by atoms with E-state index in [9.17, 15) is 13.2 Å². The van der Waals surface area contributed by atoms with Crippen molar-refractivity contribution in [2.75, 3.05) is 19.6 Å². The maximum absolute atomic E-state index is 12.7. The van der Waals surface area contributed by atoms with E-state index < -0.39 is 11.7 Å². The molecule has 2 nitrogen and oxygen atoms in total. The second kappa shape index (κ2) is 8.24. The fourth-order valence-electron chi connectivity index (χ4n) is 3.89. The van der Waals surface area contributed by atoms with E-state index >= 15 is 0 Å². The average molecular weight is 390 g/mol. The summed E-state index contributed by atoms with van der Waals surface area (Å²) in [5, 5.41) is 0. The number of hydrogen-bond acceptors (Lipinski definition) is 2. The van der Waals surface area contributed by atoms with Crippen molar-refractivity contribution in [3.8, 4) is 0 Å². The number of piperidine rings is 1. The lowest BCUT2D eigenvalue weighted by Gasteiger charge is -2.35. The molecule has 0 radical (unpaired) electrons. The molecule has 1 aliphatic heterocycles. The molecule has 1 fully saturated rings. The molecule has 0 atom stereocenters. The summed E-state index contributed by atoms with van der Waals surface area (Å²) in [5.41, 5.74) is 2.73. The normalized spacial score (nSPS) is 17.1. The largest absolute Gasteiger partial charge is 0.416 e. The topological polar surface area (TPSA) is 16.1 Å². The molecule has 2 aromatic rings. The molecule has 1 aliphatic rings. The van der Waals surface area contributed by atoms with Crippen molar-refractivity contribution in [2.45, 2.75) is 52.1 Å². The van der Waals surface area contributed by atoms with E-state index in [0.29, 0.717) is 17.8 Å². The Hall–Kier alpha value is -1.88. The minimum atomic E-state index is -4.29. The molecular weight excluding hydrogens is 361 g/mol. The van der Waals surface area contributed by atoms with Gasteiger partial charge in [-0.2, -0.15) is 13.2 Å².